The first kappa shape index (κ1) is 20.1. The second kappa shape index (κ2) is 7.78. The average Bonchev–Trinajstić information content (AvgIpc) is 2.67. The van der Waals surface area contributed by atoms with Crippen molar-refractivity contribution in [2.75, 3.05) is 0 Å². The minimum atomic E-state index is -1.01. The number of nitrogens with zero attached hydrogens (tertiary/aromatic N) is 4. The number of aromatic nitrogens is 4. The largest absolute Gasteiger partial charge is 0.313 e. The molecule has 4 aromatic rings. The molecule has 2 aromatic heterocycles. The lowest BCUT2D eigenvalue weighted by molar-refractivity contribution is -0.387. The molecule has 0 bridgehead atoms. The van der Waals surface area contributed by atoms with Gasteiger partial charge in [0.05, 0.1) is 44.3 Å². The zero-order valence-corrected chi connectivity index (χ0v) is 14.5. The van der Waals surface area contributed by atoms with Gasteiger partial charge in [-0.05, 0) is 0 Å². The molecular formula is C16H8F2N6O6. The lowest BCUT2D eigenvalue weighted by Gasteiger charge is -1.96. The third-order valence-corrected chi connectivity index (χ3v) is 3.81. The van der Waals surface area contributed by atoms with E-state index in [0.29, 0.717) is 0 Å². The van der Waals surface area contributed by atoms with E-state index >= 15 is 0 Å². The second-order valence-corrected chi connectivity index (χ2v) is 5.62. The Hall–Kier alpha value is -4.62. The van der Waals surface area contributed by atoms with E-state index in [1.165, 1.54) is 0 Å². The predicted molar refractivity (Wildman–Crippen MR) is 98.0 cm³/mol. The molecule has 2 aromatic carbocycles. The van der Waals surface area contributed by atoms with E-state index in [1.54, 1.807) is 0 Å². The SMILES string of the molecule is O=c1[nH]cnc2cc(F)c([N+](=O)[O-])cc12.O=c1[nH]cnc2cc(F)c([N+](=O)[O-])cc12. The molecule has 0 saturated heterocycles. The monoisotopic (exact) mass is 418 g/mol. The van der Waals surface area contributed by atoms with E-state index in [2.05, 4.69) is 19.9 Å². The van der Waals surface area contributed by atoms with E-state index in [9.17, 15) is 38.6 Å². The molecular weight excluding hydrogens is 410 g/mol. The summed E-state index contributed by atoms with van der Waals surface area (Å²) in [5.74, 6) is -2.02. The topological polar surface area (TPSA) is 178 Å². The second-order valence-electron chi connectivity index (χ2n) is 5.62. The summed E-state index contributed by atoms with van der Waals surface area (Å²) in [5, 5.41) is 20.8. The van der Waals surface area contributed by atoms with Gasteiger partial charge in [0.2, 0.25) is 11.6 Å². The van der Waals surface area contributed by atoms with Gasteiger partial charge < -0.3 is 9.97 Å². The summed E-state index contributed by atoms with van der Waals surface area (Å²) in [6.07, 6.45) is 2.21. The highest BCUT2D eigenvalue weighted by Crippen LogP contribution is 2.21. The summed E-state index contributed by atoms with van der Waals surface area (Å²) in [6.45, 7) is 0. The number of H-pyrrole nitrogens is 2. The molecule has 4 rings (SSSR count). The van der Waals surface area contributed by atoms with Gasteiger partial charge in [0, 0.05) is 24.3 Å². The van der Waals surface area contributed by atoms with Crippen LogP contribution >= 0.6 is 0 Å². The number of aromatic amines is 2. The Morgan fingerprint density at radius 2 is 1.10 bits per heavy atom. The van der Waals surface area contributed by atoms with Gasteiger partial charge in [-0.15, -0.1) is 0 Å². The van der Waals surface area contributed by atoms with Crippen molar-refractivity contribution < 1.29 is 18.6 Å². The van der Waals surface area contributed by atoms with E-state index in [1.807, 2.05) is 0 Å². The van der Waals surface area contributed by atoms with Crippen LogP contribution in [-0.4, -0.2) is 29.8 Å². The fraction of sp³-hybridized carbons (Fsp3) is 0. The summed E-state index contributed by atoms with van der Waals surface area (Å²) in [6, 6.07) is 3.47. The minimum absolute atomic E-state index is 0.00870. The molecule has 152 valence electrons. The third kappa shape index (κ3) is 3.82. The Kier molecular flexibility index (Phi) is 5.22. The van der Waals surface area contributed by atoms with Crippen molar-refractivity contribution in [1.82, 2.24) is 19.9 Å². The highest BCUT2D eigenvalue weighted by molar-refractivity contribution is 5.80. The quantitative estimate of drug-likeness (QED) is 0.366. The van der Waals surface area contributed by atoms with Crippen molar-refractivity contribution >= 4 is 33.2 Å². The van der Waals surface area contributed by atoms with Crippen LogP contribution in [0.4, 0.5) is 20.2 Å². The van der Waals surface area contributed by atoms with Gasteiger partial charge in [0.1, 0.15) is 0 Å². The van der Waals surface area contributed by atoms with E-state index in [0.717, 1.165) is 36.9 Å². The summed E-state index contributed by atoms with van der Waals surface area (Å²) in [4.78, 5) is 53.4. The Balaban J connectivity index is 0.000000171. The summed E-state index contributed by atoms with van der Waals surface area (Å²) < 4.78 is 26.2. The van der Waals surface area contributed by atoms with Gasteiger partial charge in [-0.2, -0.15) is 8.78 Å². The third-order valence-electron chi connectivity index (χ3n) is 3.81. The highest BCUT2D eigenvalue weighted by Gasteiger charge is 2.17. The average molecular weight is 418 g/mol. The smallest absolute Gasteiger partial charge is 0.305 e. The van der Waals surface area contributed by atoms with Crippen molar-refractivity contribution in [2.45, 2.75) is 0 Å². The van der Waals surface area contributed by atoms with E-state index in [4.69, 9.17) is 0 Å². The Bertz CT molecular complexity index is 1320. The molecule has 0 amide bonds. The maximum atomic E-state index is 13.1. The van der Waals surface area contributed by atoms with Gasteiger partial charge in [0.15, 0.2) is 0 Å². The molecule has 12 nitrogen and oxygen atoms in total. The lowest BCUT2D eigenvalue weighted by atomic mass is 10.2. The molecule has 0 unspecified atom stereocenters. The lowest BCUT2D eigenvalue weighted by Crippen LogP contribution is -2.07. The fourth-order valence-corrected chi connectivity index (χ4v) is 2.44. The first-order valence-corrected chi connectivity index (χ1v) is 7.81. The van der Waals surface area contributed by atoms with Gasteiger partial charge in [-0.3, -0.25) is 29.8 Å². The van der Waals surface area contributed by atoms with E-state index in [-0.39, 0.29) is 21.8 Å². The number of nitrogens with one attached hydrogen (secondary N) is 2. The van der Waals surface area contributed by atoms with Crippen molar-refractivity contribution in [3.05, 3.63) is 89.5 Å². The van der Waals surface area contributed by atoms with Gasteiger partial charge >= 0.3 is 11.4 Å². The Morgan fingerprint density at radius 1 is 0.733 bits per heavy atom. The van der Waals surface area contributed by atoms with Crippen molar-refractivity contribution in [3.63, 3.8) is 0 Å². The maximum absolute atomic E-state index is 13.1. The van der Waals surface area contributed by atoms with Crippen LogP contribution < -0.4 is 11.1 Å². The number of nitro benzene ring substituents is 2. The van der Waals surface area contributed by atoms with Crippen LogP contribution in [-0.2, 0) is 0 Å². The van der Waals surface area contributed by atoms with Crippen molar-refractivity contribution in [3.8, 4) is 0 Å². The van der Waals surface area contributed by atoms with Gasteiger partial charge in [0.25, 0.3) is 11.1 Å². The van der Waals surface area contributed by atoms with Gasteiger partial charge in [-0.25, -0.2) is 9.97 Å². The van der Waals surface area contributed by atoms with Gasteiger partial charge in [-0.1, -0.05) is 0 Å². The number of fused-ring (bicyclic) bond motifs is 2. The van der Waals surface area contributed by atoms with E-state index < -0.39 is 44.0 Å². The number of benzene rings is 2. The summed E-state index contributed by atoms with van der Waals surface area (Å²) in [5.41, 5.74) is -2.38. The summed E-state index contributed by atoms with van der Waals surface area (Å²) >= 11 is 0. The molecule has 0 atom stereocenters. The fourth-order valence-electron chi connectivity index (χ4n) is 2.44. The molecule has 0 spiro atoms. The number of rotatable bonds is 2. The van der Waals surface area contributed by atoms with Crippen molar-refractivity contribution in [1.29, 1.82) is 0 Å². The maximum Gasteiger partial charge on any atom is 0.305 e. The van der Waals surface area contributed by atoms with Crippen molar-refractivity contribution in [2.24, 2.45) is 0 Å². The summed E-state index contributed by atoms with van der Waals surface area (Å²) in [7, 11) is 0. The van der Waals surface area contributed by atoms with Crippen LogP contribution in [0.1, 0.15) is 0 Å². The molecule has 14 heteroatoms. The molecule has 0 fully saturated rings. The van der Waals surface area contributed by atoms with Crippen LogP contribution in [0.25, 0.3) is 21.8 Å². The Morgan fingerprint density at radius 3 is 1.43 bits per heavy atom. The molecule has 0 aliphatic carbocycles. The molecule has 0 aliphatic rings. The molecule has 0 saturated carbocycles. The molecule has 2 heterocycles. The first-order valence-electron chi connectivity index (χ1n) is 7.81. The zero-order chi connectivity index (χ0) is 22.0. The molecule has 0 radical (unpaired) electrons. The molecule has 30 heavy (non-hydrogen) atoms. The number of nitro groups is 2. The highest BCUT2D eigenvalue weighted by atomic mass is 19.1. The van der Waals surface area contributed by atoms with Crippen LogP contribution in [0.2, 0.25) is 0 Å². The normalized spacial score (nSPS) is 10.5. The van der Waals surface area contributed by atoms with Crippen LogP contribution in [0.5, 0.6) is 0 Å². The predicted octanol–water partition coefficient (Wildman–Crippen LogP) is 1.94. The number of hydrogen-bond donors (Lipinski definition) is 2. The number of hydrogen-bond acceptors (Lipinski definition) is 8. The minimum Gasteiger partial charge on any atom is -0.313 e. The Labute approximate surface area is 162 Å². The van der Waals surface area contributed by atoms with Crippen LogP contribution in [0.15, 0.2) is 46.5 Å². The standard InChI is InChI=1S/2C8H4FN3O3/c2*9-5-2-6-4(1-7(5)12(14)15)8(13)11-3-10-6/h2*1-3H,(H,10,11,13). The number of halogens is 2. The molecule has 0 aliphatic heterocycles. The van der Waals surface area contributed by atoms with Crippen LogP contribution in [0, 0.1) is 31.9 Å². The molecule has 2 N–H and O–H groups in total. The van der Waals surface area contributed by atoms with Crippen LogP contribution in [0.3, 0.4) is 0 Å². The first-order chi connectivity index (χ1) is 14.2. The zero-order valence-electron chi connectivity index (χ0n) is 14.5.